The molecule has 0 aliphatic heterocycles. The van der Waals surface area contributed by atoms with Gasteiger partial charge in [0.1, 0.15) is 5.75 Å². The zero-order valence-corrected chi connectivity index (χ0v) is 17.4. The van der Waals surface area contributed by atoms with E-state index in [1.807, 2.05) is 31.2 Å². The molecule has 0 heterocycles. The number of benzene rings is 2. The lowest BCUT2D eigenvalue weighted by Gasteiger charge is -2.13. The van der Waals surface area contributed by atoms with Crippen molar-refractivity contribution < 1.29 is 23.8 Å². The zero-order chi connectivity index (χ0) is 21.2. The molecule has 2 aromatic carbocycles. The Kier molecular flexibility index (Phi) is 8.42. The first-order valence-electron chi connectivity index (χ1n) is 9.27. The summed E-state index contributed by atoms with van der Waals surface area (Å²) in [5.74, 6) is -0.308. The van der Waals surface area contributed by atoms with Crippen LogP contribution in [-0.2, 0) is 9.47 Å². The Hall–Kier alpha value is -3.13. The second-order valence-corrected chi connectivity index (χ2v) is 6.18. The summed E-state index contributed by atoms with van der Waals surface area (Å²) in [4.78, 5) is 24.3. The van der Waals surface area contributed by atoms with Gasteiger partial charge in [-0.3, -0.25) is 0 Å². The summed E-state index contributed by atoms with van der Waals surface area (Å²) in [7, 11) is 0. The van der Waals surface area contributed by atoms with Gasteiger partial charge in [0, 0.05) is 11.4 Å². The lowest BCUT2D eigenvalue weighted by atomic mass is 10.1. The Morgan fingerprint density at radius 2 is 1.31 bits per heavy atom. The van der Waals surface area contributed by atoms with Gasteiger partial charge in [-0.15, -0.1) is 0 Å². The van der Waals surface area contributed by atoms with Crippen LogP contribution in [-0.4, -0.2) is 36.9 Å². The van der Waals surface area contributed by atoms with Crippen LogP contribution < -0.4 is 15.4 Å². The van der Waals surface area contributed by atoms with Gasteiger partial charge >= 0.3 is 11.9 Å². The van der Waals surface area contributed by atoms with Crippen molar-refractivity contribution in [2.45, 2.75) is 20.8 Å². The molecular formula is C21H24N2O5S. The van der Waals surface area contributed by atoms with Crippen LogP contribution >= 0.6 is 12.2 Å². The van der Waals surface area contributed by atoms with Crippen molar-refractivity contribution in [2.24, 2.45) is 0 Å². The Bertz CT molecular complexity index is 832. The highest BCUT2D eigenvalue weighted by molar-refractivity contribution is 7.80. The van der Waals surface area contributed by atoms with Gasteiger partial charge in [-0.2, -0.15) is 0 Å². The predicted molar refractivity (Wildman–Crippen MR) is 116 cm³/mol. The highest BCUT2D eigenvalue weighted by Crippen LogP contribution is 2.19. The van der Waals surface area contributed by atoms with Crippen LogP contribution in [0.3, 0.4) is 0 Å². The first-order chi connectivity index (χ1) is 14.0. The van der Waals surface area contributed by atoms with E-state index in [2.05, 4.69) is 10.6 Å². The molecule has 0 amide bonds. The lowest BCUT2D eigenvalue weighted by Crippen LogP contribution is -2.20. The van der Waals surface area contributed by atoms with Crippen LogP contribution in [0.2, 0.25) is 0 Å². The fourth-order valence-corrected chi connectivity index (χ4v) is 2.69. The molecule has 0 aromatic heterocycles. The van der Waals surface area contributed by atoms with Gasteiger partial charge in [0.25, 0.3) is 0 Å². The Balaban J connectivity index is 2.17. The quantitative estimate of drug-likeness (QED) is 0.488. The van der Waals surface area contributed by atoms with Crippen molar-refractivity contribution in [3.63, 3.8) is 0 Å². The summed E-state index contributed by atoms with van der Waals surface area (Å²) >= 11 is 5.34. The van der Waals surface area contributed by atoms with Crippen molar-refractivity contribution in [1.29, 1.82) is 0 Å². The van der Waals surface area contributed by atoms with Gasteiger partial charge in [0.2, 0.25) is 0 Å². The van der Waals surface area contributed by atoms with E-state index in [-0.39, 0.29) is 24.3 Å². The number of rotatable bonds is 8. The van der Waals surface area contributed by atoms with Crippen LogP contribution in [0.25, 0.3) is 0 Å². The van der Waals surface area contributed by atoms with E-state index >= 15 is 0 Å². The number of thiocarbonyl (C=S) groups is 1. The normalized spacial score (nSPS) is 10.0. The standard InChI is InChI=1S/C21H24N2O5S/c1-4-26-18-9-7-16(8-10-18)22-21(29)23-17-12-14(19(24)27-5-2)11-15(13-17)20(25)28-6-3/h7-13H,4-6H2,1-3H3,(H2,22,23,29). The average molecular weight is 416 g/mol. The maximum Gasteiger partial charge on any atom is 0.338 e. The molecule has 2 rings (SSSR count). The van der Waals surface area contributed by atoms with Crippen LogP contribution in [0.1, 0.15) is 41.5 Å². The summed E-state index contributed by atoms with van der Waals surface area (Å²) in [5, 5.41) is 6.31. The van der Waals surface area contributed by atoms with E-state index in [9.17, 15) is 9.59 Å². The molecule has 0 saturated heterocycles. The minimum Gasteiger partial charge on any atom is -0.494 e. The van der Waals surface area contributed by atoms with Crippen molar-refractivity contribution in [3.05, 3.63) is 53.6 Å². The van der Waals surface area contributed by atoms with Crippen LogP contribution in [0.5, 0.6) is 5.75 Å². The number of esters is 2. The highest BCUT2D eigenvalue weighted by atomic mass is 32.1. The molecule has 0 spiro atoms. The molecule has 7 nitrogen and oxygen atoms in total. The molecule has 0 unspecified atom stereocenters. The van der Waals surface area contributed by atoms with Crippen molar-refractivity contribution in [1.82, 2.24) is 0 Å². The molecule has 29 heavy (non-hydrogen) atoms. The molecule has 0 aliphatic rings. The molecule has 8 heteroatoms. The summed E-state index contributed by atoms with van der Waals surface area (Å²) in [6.07, 6.45) is 0. The summed E-state index contributed by atoms with van der Waals surface area (Å²) in [6.45, 7) is 6.38. The first kappa shape index (κ1) is 22.2. The van der Waals surface area contributed by atoms with Gasteiger partial charge in [0.05, 0.1) is 30.9 Å². The van der Waals surface area contributed by atoms with Gasteiger partial charge in [-0.25, -0.2) is 9.59 Å². The number of hydrogen-bond acceptors (Lipinski definition) is 6. The number of hydrogen-bond donors (Lipinski definition) is 2. The first-order valence-corrected chi connectivity index (χ1v) is 9.67. The molecule has 0 aliphatic carbocycles. The highest BCUT2D eigenvalue weighted by Gasteiger charge is 2.15. The Morgan fingerprint density at radius 3 is 1.79 bits per heavy atom. The van der Waals surface area contributed by atoms with Gasteiger partial charge < -0.3 is 24.8 Å². The number of nitrogens with one attached hydrogen (secondary N) is 2. The molecular weight excluding hydrogens is 392 g/mol. The Labute approximate surface area is 175 Å². The van der Waals surface area contributed by atoms with E-state index in [1.54, 1.807) is 26.0 Å². The number of ether oxygens (including phenoxy) is 3. The molecule has 0 fully saturated rings. The number of carbonyl (C=O) groups is 2. The van der Waals surface area contributed by atoms with E-state index in [4.69, 9.17) is 26.4 Å². The van der Waals surface area contributed by atoms with Gasteiger partial charge in [-0.05, 0) is 75.5 Å². The maximum atomic E-state index is 12.1. The molecule has 2 N–H and O–H groups in total. The van der Waals surface area contributed by atoms with Crippen LogP contribution in [0.15, 0.2) is 42.5 Å². The summed E-state index contributed by atoms with van der Waals surface area (Å²) < 4.78 is 15.5. The lowest BCUT2D eigenvalue weighted by molar-refractivity contribution is 0.0525. The van der Waals surface area contributed by atoms with E-state index in [0.717, 1.165) is 11.4 Å². The van der Waals surface area contributed by atoms with Crippen molar-refractivity contribution >= 4 is 40.6 Å². The fraction of sp³-hybridized carbons (Fsp3) is 0.286. The third kappa shape index (κ3) is 6.76. The third-order valence-corrected chi connectivity index (χ3v) is 3.84. The van der Waals surface area contributed by atoms with Crippen molar-refractivity contribution in [3.8, 4) is 5.75 Å². The second kappa shape index (κ2) is 11.0. The summed E-state index contributed by atoms with van der Waals surface area (Å²) in [5.41, 5.74) is 1.67. The number of anilines is 2. The molecule has 0 atom stereocenters. The van der Waals surface area contributed by atoms with Crippen LogP contribution in [0.4, 0.5) is 11.4 Å². The molecule has 154 valence electrons. The largest absolute Gasteiger partial charge is 0.494 e. The molecule has 2 aromatic rings. The average Bonchev–Trinajstić information content (AvgIpc) is 2.69. The SMILES string of the molecule is CCOC(=O)c1cc(NC(=S)Nc2ccc(OCC)cc2)cc(C(=O)OCC)c1. The number of carbonyl (C=O) groups excluding carboxylic acids is 2. The fourth-order valence-electron chi connectivity index (χ4n) is 2.46. The van der Waals surface area contributed by atoms with E-state index in [0.29, 0.717) is 17.4 Å². The molecule has 0 saturated carbocycles. The van der Waals surface area contributed by atoms with Crippen LogP contribution in [0, 0.1) is 0 Å². The topological polar surface area (TPSA) is 85.9 Å². The van der Waals surface area contributed by atoms with Gasteiger partial charge in [-0.1, -0.05) is 0 Å². The second-order valence-electron chi connectivity index (χ2n) is 5.78. The molecule has 0 bridgehead atoms. The predicted octanol–water partition coefficient (Wildman–Crippen LogP) is 4.25. The monoisotopic (exact) mass is 416 g/mol. The minimum atomic E-state index is -0.535. The van der Waals surface area contributed by atoms with Crippen molar-refractivity contribution in [2.75, 3.05) is 30.5 Å². The maximum absolute atomic E-state index is 12.1. The Morgan fingerprint density at radius 1 is 0.793 bits per heavy atom. The zero-order valence-electron chi connectivity index (χ0n) is 16.6. The smallest absolute Gasteiger partial charge is 0.338 e. The molecule has 0 radical (unpaired) electrons. The van der Waals surface area contributed by atoms with E-state index < -0.39 is 11.9 Å². The third-order valence-electron chi connectivity index (χ3n) is 3.64. The minimum absolute atomic E-state index is 0.225. The van der Waals surface area contributed by atoms with Gasteiger partial charge in [0.15, 0.2) is 5.11 Å². The van der Waals surface area contributed by atoms with E-state index in [1.165, 1.54) is 6.07 Å². The summed E-state index contributed by atoms with van der Waals surface area (Å²) in [6, 6.07) is 11.9.